The van der Waals surface area contributed by atoms with Crippen molar-refractivity contribution in [2.75, 3.05) is 12.3 Å². The van der Waals surface area contributed by atoms with Crippen molar-refractivity contribution in [3.05, 3.63) is 52.7 Å². The van der Waals surface area contributed by atoms with E-state index in [0.717, 1.165) is 19.3 Å². The van der Waals surface area contributed by atoms with Crippen LogP contribution in [-0.2, 0) is 21.1 Å². The Kier molecular flexibility index (Phi) is 5.36. The van der Waals surface area contributed by atoms with E-state index in [-0.39, 0.29) is 23.0 Å². The summed E-state index contributed by atoms with van der Waals surface area (Å²) in [4.78, 5) is 15.9. The number of benzene rings is 1. The highest BCUT2D eigenvalue weighted by Gasteiger charge is 2.32. The zero-order valence-electron chi connectivity index (χ0n) is 13.4. The average Bonchev–Trinajstić information content (AvgIpc) is 3.29. The highest BCUT2D eigenvalue weighted by atomic mass is 32.2. The molecule has 1 fully saturated rings. The van der Waals surface area contributed by atoms with Crippen LogP contribution in [0, 0.1) is 0 Å². The summed E-state index contributed by atoms with van der Waals surface area (Å²) < 4.78 is 24.6. The highest BCUT2D eigenvalue weighted by molar-refractivity contribution is 7.91. The summed E-state index contributed by atoms with van der Waals surface area (Å²) in [5.74, 6) is -0.175. The van der Waals surface area contributed by atoms with Crippen molar-refractivity contribution in [2.45, 2.75) is 36.6 Å². The van der Waals surface area contributed by atoms with Crippen LogP contribution < -0.4 is 0 Å². The molecule has 4 nitrogen and oxygen atoms in total. The predicted octanol–water partition coefficient (Wildman–Crippen LogP) is 3.15. The number of thiophene rings is 1. The molecule has 0 atom stereocenters. The molecule has 0 unspecified atom stereocenters. The summed E-state index contributed by atoms with van der Waals surface area (Å²) in [6.07, 6.45) is 2.95. The smallest absolute Gasteiger partial charge is 0.223 e. The van der Waals surface area contributed by atoms with Crippen LogP contribution in [0.4, 0.5) is 0 Å². The molecule has 1 saturated carbocycles. The lowest BCUT2D eigenvalue weighted by Gasteiger charge is -2.22. The van der Waals surface area contributed by atoms with Gasteiger partial charge >= 0.3 is 0 Å². The summed E-state index contributed by atoms with van der Waals surface area (Å²) in [6, 6.07) is 12.7. The molecule has 128 valence electrons. The highest BCUT2D eigenvalue weighted by Crippen LogP contribution is 2.28. The Morgan fingerprint density at radius 2 is 1.88 bits per heavy atom. The molecular weight excluding hydrogens is 342 g/mol. The van der Waals surface area contributed by atoms with Crippen molar-refractivity contribution in [3.8, 4) is 0 Å². The molecule has 1 amide bonds. The van der Waals surface area contributed by atoms with Crippen molar-refractivity contribution >= 4 is 27.1 Å². The van der Waals surface area contributed by atoms with E-state index in [1.165, 1.54) is 4.88 Å². The largest absolute Gasteiger partial charge is 0.339 e. The zero-order chi connectivity index (χ0) is 17.0. The molecule has 6 heteroatoms. The van der Waals surface area contributed by atoms with E-state index >= 15 is 0 Å². The van der Waals surface area contributed by atoms with Crippen molar-refractivity contribution in [2.24, 2.45) is 0 Å². The number of hydrogen-bond donors (Lipinski definition) is 0. The SMILES string of the molecule is O=C(CCS(=O)(=O)c1ccccc1)N(CCc1cccs1)C1CC1. The van der Waals surface area contributed by atoms with E-state index in [1.54, 1.807) is 41.7 Å². The van der Waals surface area contributed by atoms with Crippen LogP contribution in [-0.4, -0.2) is 37.6 Å². The molecule has 0 bridgehead atoms. The van der Waals surface area contributed by atoms with Gasteiger partial charge in [0.2, 0.25) is 5.91 Å². The quantitative estimate of drug-likeness (QED) is 0.724. The van der Waals surface area contributed by atoms with Gasteiger partial charge in [0.1, 0.15) is 0 Å². The van der Waals surface area contributed by atoms with E-state index in [4.69, 9.17) is 0 Å². The number of rotatable bonds is 8. The van der Waals surface area contributed by atoms with Crippen LogP contribution in [0.1, 0.15) is 24.1 Å². The fourth-order valence-corrected chi connectivity index (χ4v) is 4.64. The second-order valence-electron chi connectivity index (χ2n) is 6.03. The molecular formula is C18H21NO3S2. The van der Waals surface area contributed by atoms with Gasteiger partial charge in [-0.1, -0.05) is 24.3 Å². The monoisotopic (exact) mass is 363 g/mol. The second kappa shape index (κ2) is 7.49. The third-order valence-electron chi connectivity index (χ3n) is 4.17. The lowest BCUT2D eigenvalue weighted by atomic mass is 10.3. The maximum Gasteiger partial charge on any atom is 0.223 e. The van der Waals surface area contributed by atoms with Gasteiger partial charge in [0.05, 0.1) is 10.6 Å². The summed E-state index contributed by atoms with van der Waals surface area (Å²) in [5, 5.41) is 2.03. The molecule has 3 rings (SSSR count). The molecule has 1 aliphatic carbocycles. The van der Waals surface area contributed by atoms with Crippen LogP contribution in [0.2, 0.25) is 0 Å². The molecule has 0 N–H and O–H groups in total. The minimum Gasteiger partial charge on any atom is -0.339 e. The fourth-order valence-electron chi connectivity index (χ4n) is 2.69. The lowest BCUT2D eigenvalue weighted by molar-refractivity contribution is -0.131. The molecule has 1 heterocycles. The minimum absolute atomic E-state index is 0.0476. The maximum absolute atomic E-state index is 12.5. The molecule has 24 heavy (non-hydrogen) atoms. The first-order valence-electron chi connectivity index (χ1n) is 8.16. The van der Waals surface area contributed by atoms with Gasteiger partial charge in [-0.05, 0) is 42.8 Å². The van der Waals surface area contributed by atoms with Gasteiger partial charge in [-0.2, -0.15) is 0 Å². The Morgan fingerprint density at radius 3 is 2.50 bits per heavy atom. The van der Waals surface area contributed by atoms with Gasteiger partial charge in [-0.15, -0.1) is 11.3 Å². The van der Waals surface area contributed by atoms with Crippen LogP contribution in [0.3, 0.4) is 0 Å². The predicted molar refractivity (Wildman–Crippen MR) is 95.9 cm³/mol. The van der Waals surface area contributed by atoms with E-state index < -0.39 is 9.84 Å². The van der Waals surface area contributed by atoms with Crippen molar-refractivity contribution < 1.29 is 13.2 Å². The first-order valence-corrected chi connectivity index (χ1v) is 10.7. The first kappa shape index (κ1) is 17.2. The van der Waals surface area contributed by atoms with Crippen molar-refractivity contribution in [1.82, 2.24) is 4.90 Å². The Bertz CT molecular complexity index is 766. The van der Waals surface area contributed by atoms with Gasteiger partial charge in [0, 0.05) is 23.9 Å². The third kappa shape index (κ3) is 4.45. The van der Waals surface area contributed by atoms with Crippen LogP contribution in [0.25, 0.3) is 0 Å². The van der Waals surface area contributed by atoms with Crippen LogP contribution in [0.5, 0.6) is 0 Å². The molecule has 1 aromatic carbocycles. The summed E-state index contributed by atoms with van der Waals surface area (Å²) in [5.41, 5.74) is 0. The van der Waals surface area contributed by atoms with Gasteiger partial charge in [-0.25, -0.2) is 8.42 Å². The molecule has 1 aromatic heterocycles. The molecule has 0 radical (unpaired) electrons. The average molecular weight is 364 g/mol. The Balaban J connectivity index is 1.57. The molecule has 2 aromatic rings. The standard InChI is InChI=1S/C18H21NO3S2/c20-18(11-14-24(21,22)17-6-2-1-3-7-17)19(15-8-9-15)12-10-16-5-4-13-23-16/h1-7,13,15H,8-12,14H2. The van der Waals surface area contributed by atoms with Gasteiger partial charge in [0.25, 0.3) is 0 Å². The Labute approximate surface area is 147 Å². The van der Waals surface area contributed by atoms with E-state index in [9.17, 15) is 13.2 Å². The van der Waals surface area contributed by atoms with Gasteiger partial charge in [-0.3, -0.25) is 4.79 Å². The summed E-state index contributed by atoms with van der Waals surface area (Å²) in [7, 11) is -3.40. The van der Waals surface area contributed by atoms with E-state index in [1.807, 2.05) is 16.3 Å². The topological polar surface area (TPSA) is 54.5 Å². The molecule has 0 spiro atoms. The molecule has 0 aliphatic heterocycles. The summed E-state index contributed by atoms with van der Waals surface area (Å²) >= 11 is 1.69. The molecule has 0 saturated heterocycles. The second-order valence-corrected chi connectivity index (χ2v) is 9.17. The van der Waals surface area contributed by atoms with E-state index in [2.05, 4.69) is 6.07 Å². The zero-order valence-corrected chi connectivity index (χ0v) is 15.1. The Hall–Kier alpha value is -1.66. The van der Waals surface area contributed by atoms with Gasteiger partial charge in [0.15, 0.2) is 9.84 Å². The Morgan fingerprint density at radius 1 is 1.12 bits per heavy atom. The van der Waals surface area contributed by atoms with Crippen LogP contribution >= 0.6 is 11.3 Å². The number of nitrogens with zero attached hydrogens (tertiary/aromatic N) is 1. The minimum atomic E-state index is -3.40. The van der Waals surface area contributed by atoms with Gasteiger partial charge < -0.3 is 4.90 Å². The van der Waals surface area contributed by atoms with E-state index in [0.29, 0.717) is 12.6 Å². The van der Waals surface area contributed by atoms with Crippen LogP contribution in [0.15, 0.2) is 52.7 Å². The summed E-state index contributed by atoms with van der Waals surface area (Å²) in [6.45, 7) is 0.676. The number of amides is 1. The number of sulfone groups is 1. The fraction of sp³-hybridized carbons (Fsp3) is 0.389. The number of hydrogen-bond acceptors (Lipinski definition) is 4. The normalized spacial score (nSPS) is 14.5. The van der Waals surface area contributed by atoms with Crippen molar-refractivity contribution in [3.63, 3.8) is 0 Å². The third-order valence-corrected chi connectivity index (χ3v) is 6.84. The maximum atomic E-state index is 12.5. The van der Waals surface area contributed by atoms with Crippen molar-refractivity contribution in [1.29, 1.82) is 0 Å². The lowest BCUT2D eigenvalue weighted by Crippen LogP contribution is -2.35. The first-order chi connectivity index (χ1) is 11.6. The number of carbonyl (C=O) groups excluding carboxylic acids is 1. The number of carbonyl (C=O) groups is 1. The molecule has 1 aliphatic rings.